The first-order valence-electron chi connectivity index (χ1n) is 4.84. The molecule has 3 atom stereocenters. The number of aliphatic carboxylic acids is 1. The summed E-state index contributed by atoms with van der Waals surface area (Å²) in [4.78, 5) is 21.6. The lowest BCUT2D eigenvalue weighted by Gasteiger charge is -2.18. The second-order valence-electron chi connectivity index (χ2n) is 3.51. The Morgan fingerprint density at radius 3 is 2.40 bits per heavy atom. The maximum absolute atomic E-state index is 11.3. The fourth-order valence-corrected chi connectivity index (χ4v) is 0.915. The first-order valence-corrected chi connectivity index (χ1v) is 4.84. The summed E-state index contributed by atoms with van der Waals surface area (Å²) in [6.07, 6.45) is -0.825. The highest BCUT2D eigenvalue weighted by atomic mass is 16.4. The summed E-state index contributed by atoms with van der Waals surface area (Å²) in [6, 6.07) is -0.670. The van der Waals surface area contributed by atoms with Crippen LogP contribution in [0, 0.1) is 5.92 Å². The molecule has 0 aliphatic heterocycles. The van der Waals surface area contributed by atoms with Crippen LogP contribution in [0.4, 0.5) is 0 Å². The number of rotatable bonds is 6. The number of carbonyl (C=O) groups excluding carboxylic acids is 1. The predicted octanol–water partition coefficient (Wildman–Crippen LogP) is -1.08. The molecule has 0 bridgehead atoms. The molecule has 15 heavy (non-hydrogen) atoms. The first kappa shape index (κ1) is 13.9. The number of nitrogens with one attached hydrogen (secondary N) is 1. The molecule has 0 fully saturated rings. The van der Waals surface area contributed by atoms with Crippen LogP contribution >= 0.6 is 0 Å². The molecule has 0 saturated carbocycles. The van der Waals surface area contributed by atoms with Crippen molar-refractivity contribution >= 4 is 11.9 Å². The molecule has 5 N–H and O–H groups in total. The highest BCUT2D eigenvalue weighted by molar-refractivity contribution is 5.82. The third-order valence-electron chi connectivity index (χ3n) is 2.31. The average Bonchev–Trinajstić information content (AvgIpc) is 2.22. The molecule has 0 aromatic carbocycles. The van der Waals surface area contributed by atoms with Gasteiger partial charge in [0.2, 0.25) is 5.91 Å². The lowest BCUT2D eigenvalue weighted by atomic mass is 9.99. The van der Waals surface area contributed by atoms with Crippen LogP contribution in [0.3, 0.4) is 0 Å². The lowest BCUT2D eigenvalue weighted by molar-refractivity contribution is -0.146. The van der Waals surface area contributed by atoms with Crippen molar-refractivity contribution in [2.45, 2.75) is 32.4 Å². The Balaban J connectivity index is 3.98. The number of hydrogen-bond donors (Lipinski definition) is 4. The van der Waals surface area contributed by atoms with Gasteiger partial charge in [0.25, 0.3) is 0 Å². The van der Waals surface area contributed by atoms with Crippen molar-refractivity contribution in [1.29, 1.82) is 0 Å². The summed E-state index contributed by atoms with van der Waals surface area (Å²) in [6.45, 7) is 3.42. The van der Waals surface area contributed by atoms with Gasteiger partial charge in [0, 0.05) is 0 Å². The van der Waals surface area contributed by atoms with Gasteiger partial charge in [0.15, 0.2) is 6.10 Å². The minimum Gasteiger partial charge on any atom is -0.479 e. The second-order valence-corrected chi connectivity index (χ2v) is 3.51. The molecule has 2 unspecified atom stereocenters. The maximum Gasteiger partial charge on any atom is 0.334 e. The smallest absolute Gasteiger partial charge is 0.334 e. The van der Waals surface area contributed by atoms with Crippen LogP contribution in [0.1, 0.15) is 20.3 Å². The minimum atomic E-state index is -1.59. The third kappa shape index (κ3) is 4.75. The van der Waals surface area contributed by atoms with Gasteiger partial charge in [0.1, 0.15) is 0 Å². The number of amides is 1. The largest absolute Gasteiger partial charge is 0.479 e. The van der Waals surface area contributed by atoms with E-state index in [1.165, 1.54) is 0 Å². The van der Waals surface area contributed by atoms with Crippen molar-refractivity contribution in [3.8, 4) is 0 Å². The van der Waals surface area contributed by atoms with Crippen LogP contribution in [-0.2, 0) is 9.59 Å². The van der Waals surface area contributed by atoms with E-state index in [2.05, 4.69) is 5.32 Å². The van der Waals surface area contributed by atoms with E-state index in [9.17, 15) is 9.59 Å². The van der Waals surface area contributed by atoms with Gasteiger partial charge in [0.05, 0.1) is 12.6 Å². The van der Waals surface area contributed by atoms with E-state index < -0.39 is 24.0 Å². The molecule has 88 valence electrons. The molecule has 0 aliphatic carbocycles. The summed E-state index contributed by atoms with van der Waals surface area (Å²) < 4.78 is 0. The molecule has 0 aliphatic rings. The normalized spacial score (nSPS) is 16.5. The Bertz CT molecular complexity index is 232. The lowest BCUT2D eigenvalue weighted by Crippen LogP contribution is -2.47. The summed E-state index contributed by atoms with van der Waals surface area (Å²) >= 11 is 0. The fourth-order valence-electron chi connectivity index (χ4n) is 0.915. The Hall–Kier alpha value is -1.14. The molecular weight excluding hydrogens is 200 g/mol. The van der Waals surface area contributed by atoms with Crippen LogP contribution in [-0.4, -0.2) is 40.8 Å². The van der Waals surface area contributed by atoms with Gasteiger partial charge in [-0.25, -0.2) is 4.79 Å². The van der Waals surface area contributed by atoms with E-state index >= 15 is 0 Å². The minimum absolute atomic E-state index is 0.0203. The van der Waals surface area contributed by atoms with Crippen LogP contribution in [0.2, 0.25) is 0 Å². The van der Waals surface area contributed by atoms with Crippen molar-refractivity contribution < 1.29 is 19.8 Å². The van der Waals surface area contributed by atoms with E-state index in [-0.39, 0.29) is 12.5 Å². The summed E-state index contributed by atoms with van der Waals surface area (Å²) in [5.41, 5.74) is 5.59. The van der Waals surface area contributed by atoms with Crippen LogP contribution in [0.15, 0.2) is 0 Å². The summed E-state index contributed by atoms with van der Waals surface area (Å²) in [5, 5.41) is 19.5. The fraction of sp³-hybridized carbons (Fsp3) is 0.778. The van der Waals surface area contributed by atoms with Gasteiger partial charge in [-0.3, -0.25) is 4.79 Å². The molecule has 0 spiro atoms. The van der Waals surface area contributed by atoms with Crippen LogP contribution < -0.4 is 11.1 Å². The number of carbonyl (C=O) groups is 2. The van der Waals surface area contributed by atoms with E-state index in [1.807, 2.05) is 13.8 Å². The number of aliphatic hydroxyl groups excluding tert-OH is 1. The van der Waals surface area contributed by atoms with E-state index in [0.29, 0.717) is 0 Å². The highest BCUT2D eigenvalue weighted by Crippen LogP contribution is 2.04. The zero-order valence-electron chi connectivity index (χ0n) is 8.93. The molecule has 6 nitrogen and oxygen atoms in total. The number of aliphatic hydroxyl groups is 1. The zero-order chi connectivity index (χ0) is 12.0. The van der Waals surface area contributed by atoms with Gasteiger partial charge in [-0.1, -0.05) is 20.3 Å². The number of carboxylic acids is 1. The van der Waals surface area contributed by atoms with E-state index in [0.717, 1.165) is 6.42 Å². The van der Waals surface area contributed by atoms with Gasteiger partial charge in [-0.15, -0.1) is 0 Å². The Morgan fingerprint density at radius 1 is 1.47 bits per heavy atom. The molecular formula is C9H18N2O4. The van der Waals surface area contributed by atoms with Crippen molar-refractivity contribution in [3.63, 3.8) is 0 Å². The molecule has 0 aromatic heterocycles. The summed E-state index contributed by atoms with van der Waals surface area (Å²) in [5.74, 6) is -1.79. The molecule has 0 heterocycles. The topological polar surface area (TPSA) is 113 Å². The molecule has 0 rings (SSSR count). The molecule has 0 saturated heterocycles. The molecule has 1 amide bonds. The molecule has 0 radical (unpaired) electrons. The van der Waals surface area contributed by atoms with Crippen molar-refractivity contribution in [3.05, 3.63) is 0 Å². The third-order valence-corrected chi connectivity index (χ3v) is 2.31. The van der Waals surface area contributed by atoms with Gasteiger partial charge in [-0.05, 0) is 5.92 Å². The number of hydrogen-bond acceptors (Lipinski definition) is 4. The van der Waals surface area contributed by atoms with Crippen molar-refractivity contribution in [2.75, 3.05) is 6.54 Å². The second kappa shape index (κ2) is 6.36. The molecule has 0 aromatic rings. The van der Waals surface area contributed by atoms with Crippen molar-refractivity contribution in [2.24, 2.45) is 11.7 Å². The van der Waals surface area contributed by atoms with Crippen LogP contribution in [0.5, 0.6) is 0 Å². The number of carboxylic acid groups (broad SMARTS) is 1. The quantitative estimate of drug-likeness (QED) is 0.453. The Labute approximate surface area is 88.5 Å². The predicted molar refractivity (Wildman–Crippen MR) is 54.1 cm³/mol. The summed E-state index contributed by atoms with van der Waals surface area (Å²) in [7, 11) is 0. The van der Waals surface area contributed by atoms with Crippen molar-refractivity contribution in [1.82, 2.24) is 5.32 Å². The maximum atomic E-state index is 11.3. The number of nitrogens with two attached hydrogens (primary N) is 1. The first-order chi connectivity index (χ1) is 6.90. The van der Waals surface area contributed by atoms with E-state index in [1.54, 1.807) is 0 Å². The standard InChI is InChI=1S/C9H18N2O4/c1-3-5(2)7(10)8(13)11-4-6(12)9(14)15/h5-7,12H,3-4,10H2,1-2H3,(H,11,13)(H,14,15)/t5?,6-,7?/m0/s1. The Kier molecular flexibility index (Phi) is 5.88. The van der Waals surface area contributed by atoms with Crippen LogP contribution in [0.25, 0.3) is 0 Å². The van der Waals surface area contributed by atoms with Gasteiger partial charge >= 0.3 is 5.97 Å². The van der Waals surface area contributed by atoms with E-state index in [4.69, 9.17) is 15.9 Å². The molecule has 6 heteroatoms. The SMILES string of the molecule is CCC(C)C(N)C(=O)NC[C@H](O)C(=O)O. The zero-order valence-corrected chi connectivity index (χ0v) is 8.93. The average molecular weight is 218 g/mol. The monoisotopic (exact) mass is 218 g/mol. The highest BCUT2D eigenvalue weighted by Gasteiger charge is 2.21. The van der Waals surface area contributed by atoms with Gasteiger partial charge in [-0.2, -0.15) is 0 Å². The van der Waals surface area contributed by atoms with Gasteiger partial charge < -0.3 is 21.3 Å². The Morgan fingerprint density at radius 2 is 2.00 bits per heavy atom.